The molecule has 0 aromatic heterocycles. The van der Waals surface area contributed by atoms with E-state index in [1.54, 1.807) is 0 Å². The molecule has 0 aliphatic carbocycles. The zero-order valence-corrected chi connectivity index (χ0v) is 11.3. The highest BCUT2D eigenvalue weighted by atomic mass is 16.3. The van der Waals surface area contributed by atoms with Gasteiger partial charge in [0.1, 0.15) is 0 Å². The van der Waals surface area contributed by atoms with E-state index in [4.69, 9.17) is 10.5 Å². The van der Waals surface area contributed by atoms with E-state index in [9.17, 15) is 5.11 Å². The molecular weight excluding hydrogens is 224 g/mol. The third-order valence-corrected chi connectivity index (χ3v) is 3.66. The Hall–Kier alpha value is -1.84. The largest absolute Gasteiger partial charge is 0.392 e. The maximum Gasteiger partial charge on any atom is 0.0701 e. The molecule has 1 atom stereocenters. The van der Waals surface area contributed by atoms with Crippen molar-refractivity contribution in [3.8, 4) is 12.1 Å². The van der Waals surface area contributed by atoms with Gasteiger partial charge in [0.2, 0.25) is 0 Å². The van der Waals surface area contributed by atoms with Crippen molar-refractivity contribution in [2.45, 2.75) is 46.6 Å². The van der Waals surface area contributed by atoms with Crippen LogP contribution >= 0.6 is 0 Å². The quantitative estimate of drug-likeness (QED) is 0.886. The van der Waals surface area contributed by atoms with Crippen LogP contribution in [0.1, 0.15) is 46.2 Å². The summed E-state index contributed by atoms with van der Waals surface area (Å²) >= 11 is 0. The summed E-state index contributed by atoms with van der Waals surface area (Å²) in [6, 6.07) is 4.39. The minimum absolute atomic E-state index is 0.0540. The van der Waals surface area contributed by atoms with Gasteiger partial charge in [0.05, 0.1) is 31.1 Å². The van der Waals surface area contributed by atoms with E-state index in [1.165, 1.54) is 0 Å². The Balaban J connectivity index is 3.68. The lowest BCUT2D eigenvalue weighted by Gasteiger charge is -2.21. The van der Waals surface area contributed by atoms with Gasteiger partial charge >= 0.3 is 0 Å². The van der Waals surface area contributed by atoms with Gasteiger partial charge in [0.15, 0.2) is 0 Å². The van der Waals surface area contributed by atoms with Crippen molar-refractivity contribution in [2.24, 2.45) is 0 Å². The van der Waals surface area contributed by atoms with Crippen molar-refractivity contribution in [3.05, 3.63) is 33.4 Å². The van der Waals surface area contributed by atoms with Crippen molar-refractivity contribution < 1.29 is 5.11 Å². The van der Waals surface area contributed by atoms with Gasteiger partial charge in [-0.2, -0.15) is 10.5 Å². The van der Waals surface area contributed by atoms with E-state index in [2.05, 4.69) is 12.1 Å². The lowest BCUT2D eigenvalue weighted by atomic mass is 9.83. The molecule has 0 radical (unpaired) electrons. The van der Waals surface area contributed by atoms with Crippen LogP contribution in [0, 0.1) is 43.4 Å². The maximum atomic E-state index is 9.50. The van der Waals surface area contributed by atoms with Gasteiger partial charge in [-0.3, -0.25) is 0 Å². The molecule has 1 N–H and O–H groups in total. The number of nitrogens with zero attached hydrogens (tertiary/aromatic N) is 2. The molecule has 0 spiro atoms. The molecule has 0 aliphatic rings. The van der Waals surface area contributed by atoms with E-state index < -0.39 is 0 Å². The summed E-state index contributed by atoms with van der Waals surface area (Å²) in [6.07, 6.45) is 0.316. The fourth-order valence-electron chi connectivity index (χ4n) is 2.65. The minimum atomic E-state index is -0.228. The molecule has 3 heteroatoms. The smallest absolute Gasteiger partial charge is 0.0701 e. The fraction of sp³-hybridized carbons (Fsp3) is 0.467. The molecule has 0 bridgehead atoms. The van der Waals surface area contributed by atoms with Crippen molar-refractivity contribution in [3.63, 3.8) is 0 Å². The van der Waals surface area contributed by atoms with E-state index in [-0.39, 0.29) is 12.5 Å². The van der Waals surface area contributed by atoms with Crippen molar-refractivity contribution in [1.29, 1.82) is 10.5 Å². The van der Waals surface area contributed by atoms with Gasteiger partial charge in [-0.1, -0.05) is 0 Å². The summed E-state index contributed by atoms with van der Waals surface area (Å²) in [5.74, 6) is -0.228. The molecule has 1 aromatic rings. The summed E-state index contributed by atoms with van der Waals surface area (Å²) in [5.41, 5.74) is 5.72. The Morgan fingerprint density at radius 2 is 1.61 bits per heavy atom. The summed E-state index contributed by atoms with van der Waals surface area (Å²) < 4.78 is 0. The van der Waals surface area contributed by atoms with E-state index in [1.807, 2.05) is 27.7 Å². The lowest BCUT2D eigenvalue weighted by molar-refractivity contribution is 0.280. The first-order valence-corrected chi connectivity index (χ1v) is 5.98. The third kappa shape index (κ3) is 2.23. The van der Waals surface area contributed by atoms with E-state index >= 15 is 0 Å². The Labute approximate surface area is 108 Å². The van der Waals surface area contributed by atoms with Crippen LogP contribution in [0.15, 0.2) is 0 Å². The van der Waals surface area contributed by atoms with Crippen LogP contribution in [0.5, 0.6) is 0 Å². The second kappa shape index (κ2) is 5.67. The summed E-state index contributed by atoms with van der Waals surface area (Å²) in [5, 5.41) is 27.5. The van der Waals surface area contributed by atoms with Gasteiger partial charge < -0.3 is 5.11 Å². The molecule has 1 rings (SSSR count). The maximum absolute atomic E-state index is 9.50. The van der Waals surface area contributed by atoms with E-state index in [0.717, 1.165) is 33.4 Å². The van der Waals surface area contributed by atoms with Gasteiger partial charge in [0.25, 0.3) is 0 Å². The second-order valence-corrected chi connectivity index (χ2v) is 4.59. The normalized spacial score (nSPS) is 11.7. The first kappa shape index (κ1) is 14.2. The Kier molecular flexibility index (Phi) is 4.48. The molecule has 3 nitrogen and oxygen atoms in total. The zero-order valence-electron chi connectivity index (χ0n) is 11.3. The first-order valence-electron chi connectivity index (χ1n) is 5.98. The highest BCUT2D eigenvalue weighted by molar-refractivity contribution is 5.53. The SMILES string of the molecule is Cc1c(CO)c(C)c(C(C)C#N)c(C)c1CC#N. The average molecular weight is 242 g/mol. The van der Waals surface area contributed by atoms with Gasteiger partial charge in [-0.15, -0.1) is 0 Å². The molecule has 18 heavy (non-hydrogen) atoms. The van der Waals surface area contributed by atoms with Crippen molar-refractivity contribution in [2.75, 3.05) is 0 Å². The van der Waals surface area contributed by atoms with Crippen LogP contribution < -0.4 is 0 Å². The Morgan fingerprint density at radius 1 is 1.06 bits per heavy atom. The monoisotopic (exact) mass is 242 g/mol. The van der Waals surface area contributed by atoms with Crippen molar-refractivity contribution in [1.82, 2.24) is 0 Å². The molecule has 0 fully saturated rings. The number of benzene rings is 1. The predicted octanol–water partition coefficient (Wildman–Crippen LogP) is 2.80. The summed E-state index contributed by atoms with van der Waals surface area (Å²) in [4.78, 5) is 0. The number of hydrogen-bond donors (Lipinski definition) is 1. The van der Waals surface area contributed by atoms with Crippen LogP contribution in [0.2, 0.25) is 0 Å². The topological polar surface area (TPSA) is 67.8 Å². The molecule has 0 saturated carbocycles. The summed E-state index contributed by atoms with van der Waals surface area (Å²) in [7, 11) is 0. The van der Waals surface area contributed by atoms with Crippen LogP contribution in [0.4, 0.5) is 0 Å². The molecule has 1 aromatic carbocycles. The average Bonchev–Trinajstić information content (AvgIpc) is 2.35. The Morgan fingerprint density at radius 3 is 2.06 bits per heavy atom. The zero-order chi connectivity index (χ0) is 13.9. The highest BCUT2D eigenvalue weighted by Gasteiger charge is 2.19. The van der Waals surface area contributed by atoms with E-state index in [0.29, 0.717) is 6.42 Å². The van der Waals surface area contributed by atoms with Crippen LogP contribution in [-0.2, 0) is 13.0 Å². The standard InChI is InChI=1S/C15H18N2O/c1-9(7-17)15-11(3)13(5-6-16)10(2)14(8-18)12(15)4/h9,18H,5,8H2,1-4H3. The van der Waals surface area contributed by atoms with Crippen molar-refractivity contribution >= 4 is 0 Å². The third-order valence-electron chi connectivity index (χ3n) is 3.66. The molecule has 0 aliphatic heterocycles. The Bertz CT molecular complexity index is 547. The van der Waals surface area contributed by atoms with Gasteiger partial charge in [0, 0.05) is 0 Å². The lowest BCUT2D eigenvalue weighted by Crippen LogP contribution is -2.09. The second-order valence-electron chi connectivity index (χ2n) is 4.59. The molecule has 94 valence electrons. The fourth-order valence-corrected chi connectivity index (χ4v) is 2.65. The van der Waals surface area contributed by atoms with Gasteiger partial charge in [-0.25, -0.2) is 0 Å². The minimum Gasteiger partial charge on any atom is -0.392 e. The number of aliphatic hydroxyl groups is 1. The van der Waals surface area contributed by atoms with Crippen LogP contribution in [-0.4, -0.2) is 5.11 Å². The molecule has 0 amide bonds. The van der Waals surface area contributed by atoms with Gasteiger partial charge in [-0.05, 0) is 61.1 Å². The van der Waals surface area contributed by atoms with Crippen LogP contribution in [0.25, 0.3) is 0 Å². The molecule has 0 saturated heterocycles. The molecular formula is C15H18N2O. The predicted molar refractivity (Wildman–Crippen MR) is 69.9 cm³/mol. The molecule has 1 unspecified atom stereocenters. The number of nitriles is 2. The highest BCUT2D eigenvalue weighted by Crippen LogP contribution is 2.32. The first-order chi connectivity index (χ1) is 8.49. The number of rotatable bonds is 3. The molecule has 0 heterocycles. The van der Waals surface area contributed by atoms with Crippen LogP contribution in [0.3, 0.4) is 0 Å². The number of aliphatic hydroxyl groups excluding tert-OH is 1. The number of hydrogen-bond acceptors (Lipinski definition) is 3. The summed E-state index contributed by atoms with van der Waals surface area (Å²) in [6.45, 7) is 7.62.